The molecule has 0 saturated heterocycles. The normalized spacial score (nSPS) is 12.8. The summed E-state index contributed by atoms with van der Waals surface area (Å²) < 4.78 is 11.3. The predicted octanol–water partition coefficient (Wildman–Crippen LogP) is 4.21. The van der Waals surface area contributed by atoms with E-state index in [9.17, 15) is 10.1 Å². The molecule has 1 heterocycles. The number of benzene rings is 3. The van der Waals surface area contributed by atoms with Crippen molar-refractivity contribution < 1.29 is 14.4 Å². The van der Waals surface area contributed by atoms with Crippen LogP contribution in [-0.2, 0) is 4.74 Å². The Balaban J connectivity index is 0.00000256. The topological polar surface area (TPSA) is 86.0 Å². The number of nitro benzene ring substituents is 1. The van der Waals surface area contributed by atoms with Gasteiger partial charge in [-0.2, -0.15) is 0 Å². The van der Waals surface area contributed by atoms with Crippen molar-refractivity contribution in [2.24, 2.45) is 4.99 Å². The largest absolute Gasteiger partial charge is 0.490 e. The summed E-state index contributed by atoms with van der Waals surface area (Å²) in [4.78, 5) is 15.5. The number of rotatable bonds is 7. The maximum absolute atomic E-state index is 11.3. The molecular weight excluding hydrogens is 406 g/mol. The molecule has 0 unspecified atom stereocenters. The molecule has 3 aromatic rings. The van der Waals surface area contributed by atoms with Gasteiger partial charge in [0.1, 0.15) is 18.2 Å². The summed E-state index contributed by atoms with van der Waals surface area (Å²) in [5.74, 6) is 1.42. The number of fused-ring (bicyclic) bond motifs is 1. The minimum Gasteiger partial charge on any atom is -0.490 e. The lowest BCUT2D eigenvalue weighted by atomic mass is 9.93. The number of ether oxygens (including phenoxy) is 2. The lowest BCUT2D eigenvalue weighted by molar-refractivity contribution is -0.384. The Morgan fingerprint density at radius 2 is 1.97 bits per heavy atom. The van der Waals surface area contributed by atoms with Gasteiger partial charge in [0, 0.05) is 31.4 Å². The first-order chi connectivity index (χ1) is 14.2. The second-order valence-electron chi connectivity index (χ2n) is 6.66. The van der Waals surface area contributed by atoms with E-state index in [0.717, 1.165) is 39.8 Å². The van der Waals surface area contributed by atoms with Crippen molar-refractivity contribution in [2.45, 2.75) is 0 Å². The van der Waals surface area contributed by atoms with Gasteiger partial charge in [-0.3, -0.25) is 15.1 Å². The van der Waals surface area contributed by atoms with Gasteiger partial charge in [0.25, 0.3) is 5.69 Å². The summed E-state index contributed by atoms with van der Waals surface area (Å²) in [6.07, 6.45) is 0. The maximum atomic E-state index is 11.3. The average molecular weight is 428 g/mol. The molecule has 1 aliphatic heterocycles. The van der Waals surface area contributed by atoms with E-state index < -0.39 is 0 Å². The lowest BCUT2D eigenvalue weighted by Gasteiger charge is -2.19. The van der Waals surface area contributed by atoms with Crippen LogP contribution in [0.15, 0.2) is 59.6 Å². The Morgan fingerprint density at radius 1 is 1.13 bits per heavy atom. The second-order valence-corrected chi connectivity index (χ2v) is 6.66. The number of aliphatic imine (C=N–C) groups is 1. The highest BCUT2D eigenvalue weighted by Gasteiger charge is 2.22. The van der Waals surface area contributed by atoms with Crippen molar-refractivity contribution in [1.82, 2.24) is 5.32 Å². The molecule has 0 atom stereocenters. The minimum atomic E-state index is -0.385. The van der Waals surface area contributed by atoms with Crippen LogP contribution in [0.25, 0.3) is 21.9 Å². The maximum Gasteiger partial charge on any atom is 0.270 e. The van der Waals surface area contributed by atoms with E-state index in [4.69, 9.17) is 9.47 Å². The highest BCUT2D eigenvalue weighted by molar-refractivity contribution is 6.11. The molecule has 3 aromatic carbocycles. The number of hydrogen-bond donors (Lipinski definition) is 1. The number of halogens is 1. The molecule has 0 aliphatic carbocycles. The molecule has 0 saturated carbocycles. The number of hydrogen-bond acceptors (Lipinski definition) is 6. The van der Waals surface area contributed by atoms with E-state index >= 15 is 0 Å². The fourth-order valence-electron chi connectivity index (χ4n) is 3.52. The molecule has 4 rings (SSSR count). The average Bonchev–Trinajstić information content (AvgIpc) is 3.28. The zero-order chi connectivity index (χ0) is 20.2. The lowest BCUT2D eigenvalue weighted by Crippen LogP contribution is -2.21. The van der Waals surface area contributed by atoms with Crippen LogP contribution >= 0.6 is 12.4 Å². The third-order valence-electron chi connectivity index (χ3n) is 4.81. The smallest absolute Gasteiger partial charge is 0.270 e. The van der Waals surface area contributed by atoms with Crippen LogP contribution < -0.4 is 10.1 Å². The minimum absolute atomic E-state index is 0. The van der Waals surface area contributed by atoms with Crippen molar-refractivity contribution in [1.29, 1.82) is 0 Å². The Hall–Kier alpha value is -3.16. The summed E-state index contributed by atoms with van der Waals surface area (Å²) in [6, 6.07) is 16.6. The highest BCUT2D eigenvalue weighted by Crippen LogP contribution is 2.41. The first-order valence-electron chi connectivity index (χ1n) is 9.40. The monoisotopic (exact) mass is 427 g/mol. The highest BCUT2D eigenvalue weighted by atomic mass is 35.5. The van der Waals surface area contributed by atoms with Crippen LogP contribution in [0.1, 0.15) is 5.56 Å². The Bertz CT molecular complexity index is 1100. The van der Waals surface area contributed by atoms with Gasteiger partial charge in [-0.25, -0.2) is 0 Å². The number of nitrogens with zero attached hydrogens (tertiary/aromatic N) is 2. The molecule has 1 N–H and O–H groups in total. The Kier molecular flexibility index (Phi) is 6.87. The SMILES string of the molecule is COCCOc1c(C2=NCCN2)cc2ccccc2c1-c1cccc([N+](=O)[O-])c1.Cl. The fourth-order valence-corrected chi connectivity index (χ4v) is 3.52. The number of nitrogens with one attached hydrogen (secondary N) is 1. The zero-order valence-electron chi connectivity index (χ0n) is 16.5. The number of nitro groups is 1. The van der Waals surface area contributed by atoms with E-state index in [1.54, 1.807) is 19.2 Å². The van der Waals surface area contributed by atoms with Gasteiger partial charge in [0.2, 0.25) is 0 Å². The Morgan fingerprint density at radius 3 is 2.70 bits per heavy atom. The Labute approximate surface area is 180 Å². The predicted molar refractivity (Wildman–Crippen MR) is 120 cm³/mol. The number of methoxy groups -OCH3 is 1. The van der Waals surface area contributed by atoms with E-state index in [0.29, 0.717) is 25.5 Å². The molecule has 0 bridgehead atoms. The quantitative estimate of drug-likeness (QED) is 0.346. The van der Waals surface area contributed by atoms with E-state index in [1.165, 1.54) is 6.07 Å². The van der Waals surface area contributed by atoms with Gasteiger partial charge >= 0.3 is 0 Å². The number of amidine groups is 1. The molecule has 0 aromatic heterocycles. The van der Waals surface area contributed by atoms with Gasteiger partial charge in [0.05, 0.1) is 23.6 Å². The van der Waals surface area contributed by atoms with Gasteiger partial charge in [0.15, 0.2) is 0 Å². The van der Waals surface area contributed by atoms with Crippen molar-refractivity contribution in [3.8, 4) is 16.9 Å². The first-order valence-corrected chi connectivity index (χ1v) is 9.40. The van der Waals surface area contributed by atoms with Crippen molar-refractivity contribution in [3.63, 3.8) is 0 Å². The third kappa shape index (κ3) is 4.22. The second kappa shape index (κ2) is 9.56. The summed E-state index contributed by atoms with van der Waals surface area (Å²) in [6.45, 7) is 2.26. The van der Waals surface area contributed by atoms with E-state index in [2.05, 4.69) is 16.4 Å². The van der Waals surface area contributed by atoms with Crippen molar-refractivity contribution in [2.75, 3.05) is 33.4 Å². The standard InChI is InChI=1S/C22H21N3O4.ClH/c1-28-11-12-29-21-19(22-23-9-10-24-22)14-15-5-2-3-8-18(15)20(21)16-6-4-7-17(13-16)25(26)27;/h2-8,13-14H,9-12H2,1H3,(H,23,24);1H. The first kappa shape index (κ1) is 21.5. The van der Waals surface area contributed by atoms with Crippen LogP contribution in [-0.4, -0.2) is 44.2 Å². The molecule has 8 heteroatoms. The third-order valence-corrected chi connectivity index (χ3v) is 4.81. The van der Waals surface area contributed by atoms with Crippen LogP contribution in [0.5, 0.6) is 5.75 Å². The fraction of sp³-hybridized carbons (Fsp3) is 0.227. The van der Waals surface area contributed by atoms with E-state index in [1.807, 2.05) is 30.3 Å². The summed E-state index contributed by atoms with van der Waals surface area (Å²) in [5, 5.41) is 16.6. The van der Waals surface area contributed by atoms with Crippen LogP contribution in [0.2, 0.25) is 0 Å². The summed E-state index contributed by atoms with van der Waals surface area (Å²) in [7, 11) is 1.62. The van der Waals surface area contributed by atoms with Crippen molar-refractivity contribution >= 4 is 34.7 Å². The molecule has 0 amide bonds. The summed E-state index contributed by atoms with van der Waals surface area (Å²) in [5.41, 5.74) is 2.42. The van der Waals surface area contributed by atoms with Gasteiger partial charge in [-0.15, -0.1) is 12.4 Å². The molecule has 156 valence electrons. The molecule has 7 nitrogen and oxygen atoms in total. The number of non-ortho nitro benzene ring substituents is 1. The van der Waals surface area contributed by atoms with Crippen LogP contribution in [0, 0.1) is 10.1 Å². The van der Waals surface area contributed by atoms with Crippen LogP contribution in [0.3, 0.4) is 0 Å². The van der Waals surface area contributed by atoms with Gasteiger partial charge in [-0.05, 0) is 22.4 Å². The van der Waals surface area contributed by atoms with Gasteiger partial charge < -0.3 is 14.8 Å². The van der Waals surface area contributed by atoms with Crippen molar-refractivity contribution in [3.05, 3.63) is 70.3 Å². The molecule has 0 fully saturated rings. The van der Waals surface area contributed by atoms with Gasteiger partial charge in [-0.1, -0.05) is 36.4 Å². The molecule has 0 radical (unpaired) electrons. The molecular formula is C22H22ClN3O4. The van der Waals surface area contributed by atoms with E-state index in [-0.39, 0.29) is 23.0 Å². The van der Waals surface area contributed by atoms with Crippen LogP contribution in [0.4, 0.5) is 5.69 Å². The molecule has 1 aliphatic rings. The summed E-state index contributed by atoms with van der Waals surface area (Å²) >= 11 is 0. The molecule has 30 heavy (non-hydrogen) atoms. The molecule has 0 spiro atoms. The zero-order valence-corrected chi connectivity index (χ0v) is 17.3.